The Hall–Kier alpha value is -2.37. The highest BCUT2D eigenvalue weighted by atomic mass is 16.4. The minimum Gasteiger partial charge on any atom is -0.478 e. The van der Waals surface area contributed by atoms with E-state index in [1.54, 1.807) is 13.8 Å². The molecule has 22 heavy (non-hydrogen) atoms. The van der Waals surface area contributed by atoms with Crippen molar-refractivity contribution < 1.29 is 29.7 Å². The Morgan fingerprint density at radius 1 is 0.773 bits per heavy atom. The molecule has 122 valence electrons. The van der Waals surface area contributed by atoms with Crippen LogP contribution in [-0.4, -0.2) is 33.2 Å². The first kappa shape index (κ1) is 19.6. The molecule has 6 nitrogen and oxygen atoms in total. The normalized spacial score (nSPS) is 13.6. The van der Waals surface area contributed by atoms with Gasteiger partial charge >= 0.3 is 17.9 Å². The van der Waals surface area contributed by atoms with Crippen LogP contribution in [0, 0.1) is 0 Å². The minimum atomic E-state index is -1.19. The van der Waals surface area contributed by atoms with Gasteiger partial charge < -0.3 is 15.3 Å². The summed E-state index contributed by atoms with van der Waals surface area (Å²) in [6.07, 6.45) is 3.74. The third-order valence-corrected chi connectivity index (χ3v) is 3.07. The van der Waals surface area contributed by atoms with Crippen LogP contribution in [0.15, 0.2) is 34.4 Å². The summed E-state index contributed by atoms with van der Waals surface area (Å²) in [6.45, 7) is 5.07. The van der Waals surface area contributed by atoms with Crippen LogP contribution in [0.1, 0.15) is 46.5 Å². The molecule has 0 rings (SSSR count). The highest BCUT2D eigenvalue weighted by molar-refractivity contribution is 5.93. The number of carboxylic acid groups (broad SMARTS) is 3. The minimum absolute atomic E-state index is 0.0120. The maximum absolute atomic E-state index is 11.3. The van der Waals surface area contributed by atoms with Crippen LogP contribution in [0.25, 0.3) is 0 Å². The average molecular weight is 310 g/mol. The van der Waals surface area contributed by atoms with Gasteiger partial charge in [-0.1, -0.05) is 27.2 Å². The van der Waals surface area contributed by atoms with Crippen molar-refractivity contribution in [3.63, 3.8) is 0 Å². The van der Waals surface area contributed by atoms with Gasteiger partial charge in [-0.25, -0.2) is 14.4 Å². The molecule has 0 saturated heterocycles. The van der Waals surface area contributed by atoms with Crippen LogP contribution < -0.4 is 0 Å². The number of carbonyl (C=O) groups is 3. The van der Waals surface area contributed by atoms with Gasteiger partial charge in [-0.05, 0) is 37.0 Å². The summed E-state index contributed by atoms with van der Waals surface area (Å²) in [5.74, 6) is -3.48. The van der Waals surface area contributed by atoms with Gasteiger partial charge in [-0.15, -0.1) is 0 Å². The van der Waals surface area contributed by atoms with Crippen molar-refractivity contribution in [2.75, 3.05) is 0 Å². The Kier molecular flexibility index (Phi) is 8.52. The number of carboxylic acids is 3. The molecule has 0 saturated carbocycles. The van der Waals surface area contributed by atoms with Crippen molar-refractivity contribution >= 4 is 17.9 Å². The van der Waals surface area contributed by atoms with E-state index in [0.29, 0.717) is 6.42 Å². The zero-order chi connectivity index (χ0) is 17.3. The highest BCUT2D eigenvalue weighted by Gasteiger charge is 2.15. The SMILES string of the molecule is CCCC(=CC(C=C(CC)C(=O)O)=C(CC)C(=O)O)C(=O)O. The summed E-state index contributed by atoms with van der Waals surface area (Å²) in [5, 5.41) is 27.5. The lowest BCUT2D eigenvalue weighted by Crippen LogP contribution is -2.07. The number of hydrogen-bond acceptors (Lipinski definition) is 3. The fourth-order valence-electron chi connectivity index (χ4n) is 1.90. The van der Waals surface area contributed by atoms with Gasteiger partial charge in [-0.3, -0.25) is 0 Å². The van der Waals surface area contributed by atoms with Crippen LogP contribution in [-0.2, 0) is 14.4 Å². The molecule has 0 aliphatic carbocycles. The molecule has 0 heterocycles. The zero-order valence-corrected chi connectivity index (χ0v) is 13.0. The molecule has 0 bridgehead atoms. The van der Waals surface area contributed by atoms with E-state index >= 15 is 0 Å². The largest absolute Gasteiger partial charge is 0.478 e. The fraction of sp³-hybridized carbons (Fsp3) is 0.438. The van der Waals surface area contributed by atoms with E-state index < -0.39 is 17.9 Å². The van der Waals surface area contributed by atoms with E-state index in [1.807, 2.05) is 6.92 Å². The molecule has 0 aliphatic heterocycles. The number of rotatable bonds is 9. The second-order valence-corrected chi connectivity index (χ2v) is 4.65. The van der Waals surface area contributed by atoms with Crippen LogP contribution in [0.2, 0.25) is 0 Å². The molecule has 0 aromatic carbocycles. The third-order valence-electron chi connectivity index (χ3n) is 3.07. The first-order valence-corrected chi connectivity index (χ1v) is 7.12. The van der Waals surface area contributed by atoms with Gasteiger partial charge in [0.1, 0.15) is 0 Å². The van der Waals surface area contributed by atoms with Crippen molar-refractivity contribution in [2.24, 2.45) is 0 Å². The van der Waals surface area contributed by atoms with Gasteiger partial charge in [0.05, 0.1) is 0 Å². The summed E-state index contributed by atoms with van der Waals surface area (Å²) in [5.41, 5.74) is 0.198. The molecule has 0 aromatic heterocycles. The first-order chi connectivity index (χ1) is 10.3. The third kappa shape index (κ3) is 5.95. The molecule has 3 N–H and O–H groups in total. The van der Waals surface area contributed by atoms with Crippen LogP contribution in [0.5, 0.6) is 0 Å². The summed E-state index contributed by atoms with van der Waals surface area (Å²) in [4.78, 5) is 33.6. The Labute approximate surface area is 129 Å². The monoisotopic (exact) mass is 310 g/mol. The van der Waals surface area contributed by atoms with Crippen molar-refractivity contribution in [1.29, 1.82) is 0 Å². The second-order valence-electron chi connectivity index (χ2n) is 4.65. The van der Waals surface area contributed by atoms with Crippen molar-refractivity contribution in [1.82, 2.24) is 0 Å². The van der Waals surface area contributed by atoms with E-state index in [4.69, 9.17) is 5.11 Å². The lowest BCUT2D eigenvalue weighted by Gasteiger charge is -2.07. The molecule has 6 heteroatoms. The summed E-state index contributed by atoms with van der Waals surface area (Å²) >= 11 is 0. The summed E-state index contributed by atoms with van der Waals surface area (Å²) in [7, 11) is 0. The van der Waals surface area contributed by atoms with E-state index in [1.165, 1.54) is 12.2 Å². The summed E-state index contributed by atoms with van der Waals surface area (Å²) in [6, 6.07) is 0. The summed E-state index contributed by atoms with van der Waals surface area (Å²) < 4.78 is 0. The smallest absolute Gasteiger partial charge is 0.332 e. The standard InChI is InChI=1S/C16H22O6/c1-4-7-11(15(19)20)9-12(13(6-3)16(21)22)8-10(5-2)14(17)18/h8-9H,4-7H2,1-3H3,(H,17,18)(H,19,20)(H,21,22). The number of hydrogen-bond donors (Lipinski definition) is 3. The maximum atomic E-state index is 11.3. The first-order valence-electron chi connectivity index (χ1n) is 7.12. The zero-order valence-electron chi connectivity index (χ0n) is 13.0. The molecule has 0 spiro atoms. The molecule has 0 radical (unpaired) electrons. The lowest BCUT2D eigenvalue weighted by molar-refractivity contribution is -0.134. The number of aliphatic carboxylic acids is 3. The van der Waals surface area contributed by atoms with E-state index in [-0.39, 0.29) is 41.6 Å². The molecular formula is C16H22O6. The van der Waals surface area contributed by atoms with Crippen molar-refractivity contribution in [2.45, 2.75) is 46.5 Å². The van der Waals surface area contributed by atoms with Gasteiger partial charge in [0.15, 0.2) is 0 Å². The van der Waals surface area contributed by atoms with E-state index in [0.717, 1.165) is 0 Å². The Morgan fingerprint density at radius 2 is 1.27 bits per heavy atom. The molecule has 0 fully saturated rings. The van der Waals surface area contributed by atoms with Crippen molar-refractivity contribution in [3.05, 3.63) is 34.4 Å². The molecule has 0 aliphatic rings. The second kappa shape index (κ2) is 9.55. The molecule has 0 unspecified atom stereocenters. The maximum Gasteiger partial charge on any atom is 0.332 e. The molecule has 0 aromatic rings. The van der Waals surface area contributed by atoms with Crippen LogP contribution in [0.4, 0.5) is 0 Å². The van der Waals surface area contributed by atoms with Gasteiger partial charge in [0.2, 0.25) is 0 Å². The van der Waals surface area contributed by atoms with Gasteiger partial charge in [0.25, 0.3) is 0 Å². The Morgan fingerprint density at radius 3 is 1.59 bits per heavy atom. The lowest BCUT2D eigenvalue weighted by atomic mass is 9.98. The Bertz CT molecular complexity index is 537. The quantitative estimate of drug-likeness (QED) is 0.446. The van der Waals surface area contributed by atoms with Gasteiger partial charge in [0, 0.05) is 16.7 Å². The molecular weight excluding hydrogens is 288 g/mol. The van der Waals surface area contributed by atoms with E-state index in [2.05, 4.69) is 0 Å². The topological polar surface area (TPSA) is 112 Å². The number of allylic oxidation sites excluding steroid dienone is 3. The fourth-order valence-corrected chi connectivity index (χ4v) is 1.90. The Balaban J connectivity index is 6.25. The predicted octanol–water partition coefficient (Wildman–Crippen LogP) is 3.01. The van der Waals surface area contributed by atoms with Crippen LogP contribution >= 0.6 is 0 Å². The highest BCUT2D eigenvalue weighted by Crippen LogP contribution is 2.19. The molecule has 0 atom stereocenters. The van der Waals surface area contributed by atoms with Crippen molar-refractivity contribution in [3.8, 4) is 0 Å². The predicted molar refractivity (Wildman–Crippen MR) is 81.6 cm³/mol. The van der Waals surface area contributed by atoms with Gasteiger partial charge in [-0.2, -0.15) is 0 Å². The van der Waals surface area contributed by atoms with E-state index in [9.17, 15) is 24.6 Å². The average Bonchev–Trinajstić information content (AvgIpc) is 2.43. The molecule has 0 amide bonds. The van der Waals surface area contributed by atoms with Crippen LogP contribution in [0.3, 0.4) is 0 Å².